The van der Waals surface area contributed by atoms with Crippen LogP contribution in [0.5, 0.6) is 5.75 Å². The first-order valence-electron chi connectivity index (χ1n) is 9.71. The number of hydrogen-bond acceptors (Lipinski definition) is 7. The van der Waals surface area contributed by atoms with Crippen LogP contribution in [0.25, 0.3) is 0 Å². The van der Waals surface area contributed by atoms with Gasteiger partial charge in [-0.3, -0.25) is 8.98 Å². The van der Waals surface area contributed by atoms with E-state index < -0.39 is 28.1 Å². The molecule has 0 aliphatic carbocycles. The maximum atomic E-state index is 13.3. The summed E-state index contributed by atoms with van der Waals surface area (Å²) in [5.41, 5.74) is -0.902. The Morgan fingerprint density at radius 1 is 0.969 bits per heavy atom. The third kappa shape index (κ3) is 5.21. The molecule has 0 heterocycles. The second-order valence-corrected chi connectivity index (χ2v) is 9.67. The fraction of sp³-hybridized carbons (Fsp3) is 0.208. The molecule has 3 aromatic rings. The van der Waals surface area contributed by atoms with E-state index in [0.29, 0.717) is 5.75 Å². The van der Waals surface area contributed by atoms with Gasteiger partial charge in [0.25, 0.3) is 10.1 Å². The Bertz CT molecular complexity index is 1170. The Labute approximate surface area is 192 Å². The Kier molecular flexibility index (Phi) is 7.40. The molecule has 0 aromatic heterocycles. The van der Waals surface area contributed by atoms with Gasteiger partial charge in [-0.1, -0.05) is 29.8 Å². The van der Waals surface area contributed by atoms with Crippen LogP contribution in [-0.4, -0.2) is 39.3 Å². The van der Waals surface area contributed by atoms with Crippen molar-refractivity contribution in [3.8, 4) is 5.75 Å². The molecule has 1 atom stereocenters. The van der Waals surface area contributed by atoms with Crippen LogP contribution < -0.4 is 4.74 Å². The van der Waals surface area contributed by atoms with Gasteiger partial charge in [0.2, 0.25) is 5.78 Å². The molecule has 168 valence electrons. The monoisotopic (exact) mass is 472 g/mol. The molecule has 3 aromatic carbocycles. The number of aryl methyl sites for hydroxylation is 1. The summed E-state index contributed by atoms with van der Waals surface area (Å²) in [6.45, 7) is 1.06. The summed E-state index contributed by atoms with van der Waals surface area (Å²) in [5.74, 6) is -0.135. The van der Waals surface area contributed by atoms with Crippen molar-refractivity contribution in [1.29, 1.82) is 0 Å². The summed E-state index contributed by atoms with van der Waals surface area (Å²) < 4.78 is 35.7. The van der Waals surface area contributed by atoms with Gasteiger partial charge in [0.05, 0.1) is 12.0 Å². The minimum Gasteiger partial charge on any atom is -0.497 e. The van der Waals surface area contributed by atoms with E-state index in [1.165, 1.54) is 43.1 Å². The summed E-state index contributed by atoms with van der Waals surface area (Å²) in [4.78, 5) is 14.2. The van der Waals surface area contributed by atoms with Gasteiger partial charge < -0.3 is 9.84 Å². The Hall–Kier alpha value is -2.65. The van der Waals surface area contributed by atoms with Crippen LogP contribution in [-0.2, 0) is 19.9 Å². The predicted molar refractivity (Wildman–Crippen MR) is 124 cm³/mol. The van der Waals surface area contributed by atoms with Crippen molar-refractivity contribution in [2.75, 3.05) is 20.0 Å². The lowest BCUT2D eigenvalue weighted by Crippen LogP contribution is -2.41. The quantitative estimate of drug-likeness (QED) is 0.284. The van der Waals surface area contributed by atoms with Crippen LogP contribution >= 0.6 is 11.8 Å². The van der Waals surface area contributed by atoms with Crippen molar-refractivity contribution >= 4 is 27.7 Å². The lowest BCUT2D eigenvalue weighted by molar-refractivity contribution is 0.00407. The van der Waals surface area contributed by atoms with E-state index in [2.05, 4.69) is 0 Å². The highest BCUT2D eigenvalue weighted by Gasteiger charge is 2.40. The molecule has 8 heteroatoms. The topological polar surface area (TPSA) is 89.9 Å². The number of ketones is 1. The number of carbonyl (C=O) groups is 1. The fourth-order valence-electron chi connectivity index (χ4n) is 3.06. The second kappa shape index (κ2) is 9.87. The smallest absolute Gasteiger partial charge is 0.297 e. The van der Waals surface area contributed by atoms with E-state index in [9.17, 15) is 18.3 Å². The molecule has 32 heavy (non-hydrogen) atoms. The molecule has 0 fully saturated rings. The standard InChI is InChI=1S/C24H24O6S2/c1-17-4-14-22(15-5-17)32(27,28)30-16-24(26,19-8-12-21(31-3)13-9-19)23(25)18-6-10-20(29-2)11-7-18/h4-15,26H,16H2,1-3H3. The lowest BCUT2D eigenvalue weighted by atomic mass is 9.86. The molecule has 0 aliphatic heterocycles. The zero-order valence-corrected chi connectivity index (χ0v) is 19.6. The van der Waals surface area contributed by atoms with E-state index in [1.54, 1.807) is 48.5 Å². The molecule has 0 aliphatic rings. The number of thioether (sulfide) groups is 1. The van der Waals surface area contributed by atoms with E-state index in [0.717, 1.165) is 10.5 Å². The third-order valence-corrected chi connectivity index (χ3v) is 7.05. The molecule has 6 nitrogen and oxygen atoms in total. The van der Waals surface area contributed by atoms with E-state index >= 15 is 0 Å². The summed E-state index contributed by atoms with van der Waals surface area (Å²) in [5, 5.41) is 11.5. The van der Waals surface area contributed by atoms with Crippen molar-refractivity contribution in [3.05, 3.63) is 89.5 Å². The molecule has 3 rings (SSSR count). The zero-order chi connectivity index (χ0) is 23.4. The lowest BCUT2D eigenvalue weighted by Gasteiger charge is -2.27. The molecule has 0 radical (unpaired) electrons. The number of carbonyl (C=O) groups excluding carboxylic acids is 1. The first-order chi connectivity index (χ1) is 15.2. The Morgan fingerprint density at radius 2 is 1.56 bits per heavy atom. The second-order valence-electron chi connectivity index (χ2n) is 7.18. The molecule has 0 bridgehead atoms. The average Bonchev–Trinajstić information content (AvgIpc) is 2.82. The largest absolute Gasteiger partial charge is 0.497 e. The number of hydrogen-bond donors (Lipinski definition) is 1. The highest BCUT2D eigenvalue weighted by molar-refractivity contribution is 7.98. The van der Waals surface area contributed by atoms with Crippen molar-refractivity contribution in [1.82, 2.24) is 0 Å². The Balaban J connectivity index is 1.97. The van der Waals surface area contributed by atoms with Crippen LogP contribution in [0.3, 0.4) is 0 Å². The van der Waals surface area contributed by atoms with Crippen LogP contribution in [0.4, 0.5) is 0 Å². The number of methoxy groups -OCH3 is 1. The molecule has 0 amide bonds. The minimum atomic E-state index is -4.19. The highest BCUT2D eigenvalue weighted by atomic mass is 32.2. The summed E-state index contributed by atoms with van der Waals surface area (Å²) >= 11 is 1.51. The van der Waals surface area contributed by atoms with Gasteiger partial charge in [0, 0.05) is 10.5 Å². The normalized spacial score (nSPS) is 13.4. The number of ether oxygens (including phenoxy) is 1. The van der Waals surface area contributed by atoms with E-state index in [4.69, 9.17) is 8.92 Å². The molecule has 0 saturated carbocycles. The molecule has 0 saturated heterocycles. The van der Waals surface area contributed by atoms with Gasteiger partial charge in [0.1, 0.15) is 12.4 Å². The van der Waals surface area contributed by atoms with Crippen LogP contribution in [0, 0.1) is 6.92 Å². The van der Waals surface area contributed by atoms with Crippen LogP contribution in [0.15, 0.2) is 82.6 Å². The molecule has 1 N–H and O–H groups in total. The third-order valence-electron chi connectivity index (χ3n) is 5.03. The number of rotatable bonds is 9. The SMILES string of the molecule is COc1ccc(C(=O)C(O)(COS(=O)(=O)c2ccc(C)cc2)c2ccc(SC)cc2)cc1. The summed E-state index contributed by atoms with van der Waals surface area (Å²) in [6.07, 6.45) is 1.90. The number of benzene rings is 3. The first kappa shape index (κ1) is 24.0. The maximum absolute atomic E-state index is 13.3. The summed E-state index contributed by atoms with van der Waals surface area (Å²) in [7, 11) is -2.69. The van der Waals surface area contributed by atoms with Gasteiger partial charge in [-0.15, -0.1) is 11.8 Å². The van der Waals surface area contributed by atoms with E-state index in [-0.39, 0.29) is 16.0 Å². The van der Waals surface area contributed by atoms with Crippen molar-refractivity contribution < 1.29 is 27.2 Å². The summed E-state index contributed by atoms with van der Waals surface area (Å²) in [6, 6.07) is 19.0. The van der Waals surface area contributed by atoms with Crippen LogP contribution in [0.2, 0.25) is 0 Å². The number of Topliss-reactive ketones (excluding diaryl/α,β-unsaturated/α-hetero) is 1. The minimum absolute atomic E-state index is 0.0555. The fourth-order valence-corrected chi connectivity index (χ4v) is 4.40. The van der Waals surface area contributed by atoms with Gasteiger partial charge in [-0.2, -0.15) is 8.42 Å². The van der Waals surface area contributed by atoms with Gasteiger partial charge in [-0.25, -0.2) is 0 Å². The van der Waals surface area contributed by atoms with E-state index in [1.807, 2.05) is 13.2 Å². The first-order valence-corrected chi connectivity index (χ1v) is 12.3. The number of aliphatic hydroxyl groups is 1. The maximum Gasteiger partial charge on any atom is 0.297 e. The van der Waals surface area contributed by atoms with Crippen molar-refractivity contribution in [2.24, 2.45) is 0 Å². The van der Waals surface area contributed by atoms with Crippen LogP contribution in [0.1, 0.15) is 21.5 Å². The molecule has 1 unspecified atom stereocenters. The molecule has 0 spiro atoms. The van der Waals surface area contributed by atoms with Crippen molar-refractivity contribution in [2.45, 2.75) is 22.3 Å². The zero-order valence-electron chi connectivity index (χ0n) is 17.9. The van der Waals surface area contributed by atoms with Crippen molar-refractivity contribution in [3.63, 3.8) is 0 Å². The molecular weight excluding hydrogens is 448 g/mol. The van der Waals surface area contributed by atoms with Gasteiger partial charge in [-0.05, 0) is 67.3 Å². The van der Waals surface area contributed by atoms with Gasteiger partial charge in [0.15, 0.2) is 5.60 Å². The predicted octanol–water partition coefficient (Wildman–Crippen LogP) is 4.20. The molecular formula is C24H24O6S2. The Morgan fingerprint density at radius 3 is 2.09 bits per heavy atom. The van der Waals surface area contributed by atoms with Gasteiger partial charge >= 0.3 is 0 Å². The average molecular weight is 473 g/mol. The highest BCUT2D eigenvalue weighted by Crippen LogP contribution is 2.30.